The molecule has 150 valence electrons. The van der Waals surface area contributed by atoms with Crippen molar-refractivity contribution < 1.29 is 9.21 Å². The SMILES string of the molecule is Nc1n[nH]c(-c2ccc(-c3ccc(C(=O)N4CCCC4c4cccnc4)cc3)o2)n1. The molecule has 1 atom stereocenters. The molecule has 1 fully saturated rings. The van der Waals surface area contributed by atoms with E-state index in [1.807, 2.05) is 53.6 Å². The van der Waals surface area contributed by atoms with Crippen LogP contribution in [0.25, 0.3) is 22.9 Å². The molecule has 1 amide bonds. The summed E-state index contributed by atoms with van der Waals surface area (Å²) >= 11 is 0. The molecule has 0 spiro atoms. The molecule has 5 rings (SSSR count). The Morgan fingerprint density at radius 2 is 1.97 bits per heavy atom. The van der Waals surface area contributed by atoms with Crippen molar-refractivity contribution in [3.8, 4) is 22.9 Å². The third kappa shape index (κ3) is 3.32. The summed E-state index contributed by atoms with van der Waals surface area (Å²) in [6.07, 6.45) is 5.54. The maximum Gasteiger partial charge on any atom is 0.254 e. The molecule has 30 heavy (non-hydrogen) atoms. The lowest BCUT2D eigenvalue weighted by atomic mass is 10.1. The zero-order chi connectivity index (χ0) is 20.5. The second-order valence-electron chi connectivity index (χ2n) is 7.23. The average molecular weight is 400 g/mol. The number of hydrogen-bond acceptors (Lipinski definition) is 6. The minimum absolute atomic E-state index is 0.0326. The van der Waals surface area contributed by atoms with E-state index in [1.165, 1.54) is 0 Å². The molecule has 1 unspecified atom stereocenters. The summed E-state index contributed by atoms with van der Waals surface area (Å²) in [5.41, 5.74) is 8.15. The Morgan fingerprint density at radius 3 is 2.70 bits per heavy atom. The lowest BCUT2D eigenvalue weighted by molar-refractivity contribution is 0.0735. The lowest BCUT2D eigenvalue weighted by Crippen LogP contribution is -2.30. The highest BCUT2D eigenvalue weighted by atomic mass is 16.3. The molecule has 0 radical (unpaired) electrons. The van der Waals surface area contributed by atoms with E-state index in [0.29, 0.717) is 22.9 Å². The monoisotopic (exact) mass is 400 g/mol. The van der Waals surface area contributed by atoms with Crippen LogP contribution < -0.4 is 5.73 Å². The third-order valence-electron chi connectivity index (χ3n) is 5.34. The van der Waals surface area contributed by atoms with Crippen LogP contribution in [0.5, 0.6) is 0 Å². The maximum absolute atomic E-state index is 13.1. The number of nitrogens with one attached hydrogen (secondary N) is 1. The minimum Gasteiger partial charge on any atom is -0.453 e. The van der Waals surface area contributed by atoms with Crippen molar-refractivity contribution in [2.75, 3.05) is 12.3 Å². The first-order valence-corrected chi connectivity index (χ1v) is 9.78. The van der Waals surface area contributed by atoms with Crippen molar-refractivity contribution in [1.29, 1.82) is 0 Å². The van der Waals surface area contributed by atoms with E-state index in [2.05, 4.69) is 20.2 Å². The molecule has 0 saturated carbocycles. The van der Waals surface area contributed by atoms with Crippen molar-refractivity contribution in [2.24, 2.45) is 0 Å². The second kappa shape index (κ2) is 7.47. The first kappa shape index (κ1) is 18.1. The van der Waals surface area contributed by atoms with E-state index in [9.17, 15) is 4.79 Å². The van der Waals surface area contributed by atoms with Gasteiger partial charge < -0.3 is 15.1 Å². The number of nitrogen functional groups attached to an aromatic ring is 1. The zero-order valence-electron chi connectivity index (χ0n) is 16.2. The number of aromatic nitrogens is 4. The summed E-state index contributed by atoms with van der Waals surface area (Å²) in [6, 6.07) is 15.1. The van der Waals surface area contributed by atoms with Crippen LogP contribution in [0, 0.1) is 0 Å². The van der Waals surface area contributed by atoms with Gasteiger partial charge in [-0.3, -0.25) is 14.9 Å². The number of nitrogens with two attached hydrogens (primary N) is 1. The summed E-state index contributed by atoms with van der Waals surface area (Å²) in [4.78, 5) is 23.3. The second-order valence-corrected chi connectivity index (χ2v) is 7.23. The Morgan fingerprint density at radius 1 is 1.13 bits per heavy atom. The minimum atomic E-state index is 0.0326. The van der Waals surface area contributed by atoms with Crippen molar-refractivity contribution in [3.63, 3.8) is 0 Å². The van der Waals surface area contributed by atoms with Gasteiger partial charge in [-0.25, -0.2) is 0 Å². The Labute approximate surface area is 172 Å². The molecule has 0 bridgehead atoms. The van der Waals surface area contributed by atoms with Crippen LogP contribution in [-0.4, -0.2) is 37.5 Å². The molecule has 1 saturated heterocycles. The van der Waals surface area contributed by atoms with Gasteiger partial charge in [-0.05, 0) is 48.7 Å². The number of H-pyrrole nitrogens is 1. The topological polar surface area (TPSA) is 114 Å². The van der Waals surface area contributed by atoms with Gasteiger partial charge in [0, 0.05) is 30.1 Å². The summed E-state index contributed by atoms with van der Waals surface area (Å²) in [5.74, 6) is 1.89. The highest BCUT2D eigenvalue weighted by molar-refractivity contribution is 5.95. The van der Waals surface area contributed by atoms with Crippen LogP contribution in [0.3, 0.4) is 0 Å². The Bertz CT molecular complexity index is 1170. The third-order valence-corrected chi connectivity index (χ3v) is 5.34. The van der Waals surface area contributed by atoms with Crippen molar-refractivity contribution >= 4 is 11.9 Å². The molecule has 0 aliphatic carbocycles. The summed E-state index contributed by atoms with van der Waals surface area (Å²) < 4.78 is 5.85. The van der Waals surface area contributed by atoms with Gasteiger partial charge in [-0.15, -0.1) is 5.10 Å². The number of hydrogen-bond donors (Lipinski definition) is 2. The molecule has 1 aliphatic heterocycles. The Hall–Kier alpha value is -3.94. The lowest BCUT2D eigenvalue weighted by Gasteiger charge is -2.25. The van der Waals surface area contributed by atoms with Crippen LogP contribution in [0.2, 0.25) is 0 Å². The molecule has 1 aromatic carbocycles. The van der Waals surface area contributed by atoms with Gasteiger partial charge in [-0.1, -0.05) is 18.2 Å². The fraction of sp³-hybridized carbons (Fsp3) is 0.182. The van der Waals surface area contributed by atoms with Crippen LogP contribution in [-0.2, 0) is 0 Å². The molecule has 1 aliphatic rings. The van der Waals surface area contributed by atoms with Crippen molar-refractivity contribution in [2.45, 2.75) is 18.9 Å². The summed E-state index contributed by atoms with van der Waals surface area (Å²) in [7, 11) is 0. The number of benzene rings is 1. The van der Waals surface area contributed by atoms with Gasteiger partial charge in [0.05, 0.1) is 6.04 Å². The molecular weight excluding hydrogens is 380 g/mol. The van der Waals surface area contributed by atoms with Crippen molar-refractivity contribution in [1.82, 2.24) is 25.1 Å². The summed E-state index contributed by atoms with van der Waals surface area (Å²) in [5, 5.41) is 6.53. The molecule has 3 aromatic heterocycles. The normalized spacial score (nSPS) is 16.1. The first-order chi connectivity index (χ1) is 14.7. The van der Waals surface area contributed by atoms with E-state index in [1.54, 1.807) is 12.3 Å². The molecule has 8 nitrogen and oxygen atoms in total. The predicted octanol–water partition coefficient (Wildman–Crippen LogP) is 3.69. The number of rotatable bonds is 4. The zero-order valence-corrected chi connectivity index (χ0v) is 16.2. The van der Waals surface area contributed by atoms with Crippen molar-refractivity contribution in [3.05, 3.63) is 72.1 Å². The van der Waals surface area contributed by atoms with E-state index < -0.39 is 0 Å². The Kier molecular flexibility index (Phi) is 4.51. The smallest absolute Gasteiger partial charge is 0.254 e. The van der Waals surface area contributed by atoms with E-state index >= 15 is 0 Å². The van der Waals surface area contributed by atoms with Gasteiger partial charge in [-0.2, -0.15) is 4.98 Å². The highest BCUT2D eigenvalue weighted by Crippen LogP contribution is 2.33. The van der Waals surface area contributed by atoms with E-state index in [0.717, 1.165) is 30.5 Å². The van der Waals surface area contributed by atoms with Gasteiger partial charge in [0.25, 0.3) is 5.91 Å². The number of anilines is 1. The largest absolute Gasteiger partial charge is 0.453 e. The summed E-state index contributed by atoms with van der Waals surface area (Å²) in [6.45, 7) is 0.752. The number of pyridine rings is 1. The number of furan rings is 1. The van der Waals surface area contributed by atoms with Crippen LogP contribution in [0.15, 0.2) is 65.3 Å². The number of amides is 1. The standard InChI is InChI=1S/C22H20N6O2/c23-22-25-20(26-27-22)19-10-9-18(30-19)14-5-7-15(8-6-14)21(29)28-12-2-4-17(28)16-3-1-11-24-13-16/h1,3,5-11,13,17H,2,4,12H2,(H3,23,25,26,27). The molecule has 3 N–H and O–H groups in total. The van der Waals surface area contributed by atoms with Crippen LogP contribution in [0.1, 0.15) is 34.8 Å². The van der Waals surface area contributed by atoms with Gasteiger partial charge in [0.15, 0.2) is 11.6 Å². The Balaban J connectivity index is 1.35. The fourth-order valence-corrected chi connectivity index (χ4v) is 3.88. The molecule has 4 heterocycles. The highest BCUT2D eigenvalue weighted by Gasteiger charge is 2.30. The number of carbonyl (C=O) groups is 1. The quantitative estimate of drug-likeness (QED) is 0.540. The average Bonchev–Trinajstić information content (AvgIpc) is 3.54. The molecule has 8 heteroatoms. The maximum atomic E-state index is 13.1. The van der Waals surface area contributed by atoms with Gasteiger partial charge in [0.2, 0.25) is 5.95 Å². The number of carbonyl (C=O) groups excluding carboxylic acids is 1. The fourth-order valence-electron chi connectivity index (χ4n) is 3.88. The molecule has 4 aromatic rings. The van der Waals surface area contributed by atoms with E-state index in [-0.39, 0.29) is 17.9 Å². The predicted molar refractivity (Wildman–Crippen MR) is 111 cm³/mol. The van der Waals surface area contributed by atoms with E-state index in [4.69, 9.17) is 10.2 Å². The van der Waals surface area contributed by atoms with Gasteiger partial charge in [0.1, 0.15) is 5.76 Å². The number of aromatic amines is 1. The molecular formula is C22H20N6O2. The first-order valence-electron chi connectivity index (χ1n) is 9.78. The number of likely N-dealkylation sites (tertiary alicyclic amines) is 1. The number of nitrogens with zero attached hydrogens (tertiary/aromatic N) is 4. The van der Waals surface area contributed by atoms with Crippen LogP contribution in [0.4, 0.5) is 5.95 Å². The van der Waals surface area contributed by atoms with Crippen LogP contribution >= 0.6 is 0 Å². The van der Waals surface area contributed by atoms with Gasteiger partial charge >= 0.3 is 0 Å².